The first-order valence-electron chi connectivity index (χ1n) is 6.89. The van der Waals surface area contributed by atoms with E-state index in [-0.39, 0.29) is 70.1 Å². The average molecular weight is 326 g/mol. The van der Waals surface area contributed by atoms with Gasteiger partial charge in [-0.15, -0.1) is 0 Å². The van der Waals surface area contributed by atoms with Crippen LogP contribution in [-0.2, 0) is 14.4 Å². The molecule has 0 rings (SSSR count). The van der Waals surface area contributed by atoms with Crippen LogP contribution in [0.4, 0.5) is 0 Å². The Morgan fingerprint density at radius 1 is 1.05 bits per heavy atom. The fourth-order valence-electron chi connectivity index (χ4n) is 1.75. The van der Waals surface area contributed by atoms with Crippen LogP contribution in [0.1, 0.15) is 51.4 Å². The van der Waals surface area contributed by atoms with E-state index in [1.807, 2.05) is 0 Å². The molecule has 0 aliphatic carbocycles. The molecule has 0 saturated carbocycles. The Bertz CT molecular complexity index is 326. The number of amides is 1. The maximum atomic E-state index is 11.5. The number of rotatable bonds is 12. The van der Waals surface area contributed by atoms with Crippen molar-refractivity contribution in [3.8, 4) is 0 Å². The van der Waals surface area contributed by atoms with Crippen molar-refractivity contribution in [2.24, 2.45) is 5.73 Å². The molecule has 8 heteroatoms. The van der Waals surface area contributed by atoms with Gasteiger partial charge in [-0.2, -0.15) is 0 Å². The predicted molar refractivity (Wildman–Crippen MR) is 70.6 cm³/mol. The fraction of sp³-hybridized carbons (Fsp3) is 0.769. The third-order valence-corrected chi connectivity index (χ3v) is 2.86. The molecule has 7 nitrogen and oxygen atoms in total. The van der Waals surface area contributed by atoms with Crippen molar-refractivity contribution in [3.63, 3.8) is 0 Å². The van der Waals surface area contributed by atoms with Crippen LogP contribution in [0.25, 0.3) is 0 Å². The smallest absolute Gasteiger partial charge is 0.548 e. The summed E-state index contributed by atoms with van der Waals surface area (Å²) >= 11 is 0. The molecule has 0 aromatic heterocycles. The third-order valence-electron chi connectivity index (χ3n) is 2.86. The number of nitrogens with one attached hydrogen (secondary N) is 1. The van der Waals surface area contributed by atoms with Gasteiger partial charge in [-0.1, -0.05) is 6.42 Å². The number of aliphatic carboxylic acids is 2. The summed E-state index contributed by atoms with van der Waals surface area (Å²) in [6, 6.07) is -0.979. The Morgan fingerprint density at radius 3 is 2.19 bits per heavy atom. The molecule has 0 aromatic carbocycles. The summed E-state index contributed by atoms with van der Waals surface area (Å²) in [5.74, 6) is -2.49. The molecular formula is C13H23KN2O5. The Kier molecular flexibility index (Phi) is 16.5. The molecule has 4 N–H and O–H groups in total. The van der Waals surface area contributed by atoms with E-state index in [4.69, 9.17) is 10.8 Å². The Balaban J connectivity index is 0. The van der Waals surface area contributed by atoms with Crippen LogP contribution >= 0.6 is 0 Å². The van der Waals surface area contributed by atoms with Crippen LogP contribution in [0.5, 0.6) is 0 Å². The number of carbonyl (C=O) groups is 3. The minimum absolute atomic E-state index is 0. The van der Waals surface area contributed by atoms with Gasteiger partial charge in [0.25, 0.3) is 0 Å². The van der Waals surface area contributed by atoms with Crippen molar-refractivity contribution >= 4 is 17.8 Å². The van der Waals surface area contributed by atoms with Gasteiger partial charge >= 0.3 is 57.4 Å². The van der Waals surface area contributed by atoms with Crippen molar-refractivity contribution in [2.75, 3.05) is 6.54 Å². The van der Waals surface area contributed by atoms with Gasteiger partial charge in [0.05, 0.1) is 12.0 Å². The molecule has 0 radical (unpaired) electrons. The Labute approximate surface area is 167 Å². The minimum atomic E-state index is -1.29. The number of carboxylic acids is 2. The summed E-state index contributed by atoms with van der Waals surface area (Å²) in [6.45, 7) is 0.483. The van der Waals surface area contributed by atoms with E-state index in [1.165, 1.54) is 0 Å². The molecule has 21 heavy (non-hydrogen) atoms. The molecular weight excluding hydrogens is 303 g/mol. The van der Waals surface area contributed by atoms with E-state index >= 15 is 0 Å². The maximum absolute atomic E-state index is 11.5. The molecule has 0 fully saturated rings. The number of carbonyl (C=O) groups excluding carboxylic acids is 2. The zero-order valence-corrected chi connectivity index (χ0v) is 15.7. The van der Waals surface area contributed by atoms with Gasteiger partial charge in [0.15, 0.2) is 0 Å². The quantitative estimate of drug-likeness (QED) is 0.251. The zero-order chi connectivity index (χ0) is 15.4. The van der Waals surface area contributed by atoms with Crippen molar-refractivity contribution < 1.29 is 76.0 Å². The number of nitrogens with two attached hydrogens (primary N) is 1. The van der Waals surface area contributed by atoms with Crippen LogP contribution in [-0.4, -0.2) is 35.5 Å². The summed E-state index contributed by atoms with van der Waals surface area (Å²) in [5, 5.41) is 21.7. The van der Waals surface area contributed by atoms with E-state index in [1.54, 1.807) is 0 Å². The molecule has 116 valence electrons. The summed E-state index contributed by atoms with van der Waals surface area (Å²) in [6.07, 6.45) is 3.60. The molecule has 0 heterocycles. The van der Waals surface area contributed by atoms with Gasteiger partial charge in [-0.3, -0.25) is 9.59 Å². The van der Waals surface area contributed by atoms with Gasteiger partial charge in [-0.25, -0.2) is 0 Å². The van der Waals surface area contributed by atoms with Crippen molar-refractivity contribution in [1.29, 1.82) is 0 Å². The van der Waals surface area contributed by atoms with Crippen LogP contribution < -0.4 is 67.5 Å². The van der Waals surface area contributed by atoms with Crippen LogP contribution in [0.3, 0.4) is 0 Å². The molecule has 1 amide bonds. The van der Waals surface area contributed by atoms with E-state index in [2.05, 4.69) is 5.32 Å². The SMILES string of the molecule is NCCCC[C@H](NC(=O)CCCCCC(=O)O)C(=O)[O-].[K+]. The second-order valence-electron chi connectivity index (χ2n) is 4.68. The first-order valence-corrected chi connectivity index (χ1v) is 6.89. The van der Waals surface area contributed by atoms with E-state index in [0.29, 0.717) is 45.1 Å². The second kappa shape index (κ2) is 14.9. The molecule has 0 aliphatic rings. The minimum Gasteiger partial charge on any atom is -0.548 e. The molecule has 0 bridgehead atoms. The summed E-state index contributed by atoms with van der Waals surface area (Å²) < 4.78 is 0. The van der Waals surface area contributed by atoms with Crippen molar-refractivity contribution in [3.05, 3.63) is 0 Å². The van der Waals surface area contributed by atoms with Crippen LogP contribution in [0.15, 0.2) is 0 Å². The van der Waals surface area contributed by atoms with Gasteiger partial charge in [-0.05, 0) is 38.6 Å². The standard InChI is InChI=1S/C13H24N2O5.K/c14-9-5-4-6-10(13(19)20)15-11(16)7-2-1-3-8-12(17)18;/h10H,1-9,14H2,(H,15,16)(H,17,18)(H,19,20);/q;+1/p-1/t10-;/m0./s1. The maximum Gasteiger partial charge on any atom is 1.00 e. The fourth-order valence-corrected chi connectivity index (χ4v) is 1.75. The molecule has 1 atom stereocenters. The van der Waals surface area contributed by atoms with E-state index < -0.39 is 18.0 Å². The predicted octanol–water partition coefficient (Wildman–Crippen LogP) is -3.61. The molecule has 0 spiro atoms. The number of carboxylic acid groups (broad SMARTS) is 2. The average Bonchev–Trinajstić information content (AvgIpc) is 2.36. The van der Waals surface area contributed by atoms with E-state index in [0.717, 1.165) is 0 Å². The molecule has 0 saturated heterocycles. The van der Waals surface area contributed by atoms with Crippen LogP contribution in [0.2, 0.25) is 0 Å². The van der Waals surface area contributed by atoms with Crippen LogP contribution in [0, 0.1) is 0 Å². The summed E-state index contributed by atoms with van der Waals surface area (Å²) in [5.41, 5.74) is 5.32. The van der Waals surface area contributed by atoms with Gasteiger partial charge < -0.3 is 26.1 Å². The monoisotopic (exact) mass is 326 g/mol. The first kappa shape index (κ1) is 23.3. The Morgan fingerprint density at radius 2 is 1.67 bits per heavy atom. The number of hydrogen-bond donors (Lipinski definition) is 3. The second-order valence-corrected chi connectivity index (χ2v) is 4.68. The summed E-state index contributed by atoms with van der Waals surface area (Å²) in [7, 11) is 0. The van der Waals surface area contributed by atoms with Gasteiger partial charge in [0, 0.05) is 12.8 Å². The van der Waals surface area contributed by atoms with Crippen molar-refractivity contribution in [1.82, 2.24) is 5.32 Å². The molecule has 0 aromatic rings. The topological polar surface area (TPSA) is 133 Å². The van der Waals surface area contributed by atoms with Gasteiger partial charge in [0.2, 0.25) is 5.91 Å². The first-order chi connectivity index (χ1) is 9.47. The molecule has 0 unspecified atom stereocenters. The third kappa shape index (κ3) is 14.7. The number of hydrogen-bond acceptors (Lipinski definition) is 5. The number of unbranched alkanes of at least 4 members (excludes halogenated alkanes) is 3. The zero-order valence-electron chi connectivity index (χ0n) is 12.6. The van der Waals surface area contributed by atoms with E-state index in [9.17, 15) is 19.5 Å². The van der Waals surface area contributed by atoms with Gasteiger partial charge in [0.1, 0.15) is 0 Å². The normalized spacial score (nSPS) is 11.3. The summed E-state index contributed by atoms with van der Waals surface area (Å²) in [4.78, 5) is 32.7. The van der Waals surface area contributed by atoms with Crippen molar-refractivity contribution in [2.45, 2.75) is 57.4 Å². The molecule has 0 aliphatic heterocycles. The Hall–Kier alpha value is 0.00636. The largest absolute Gasteiger partial charge is 1.00 e.